The first-order valence-corrected chi connectivity index (χ1v) is 9.36. The Kier molecular flexibility index (Phi) is 3.69. The van der Waals surface area contributed by atoms with E-state index in [-0.39, 0.29) is 6.09 Å². The average Bonchev–Trinajstić information content (AvgIpc) is 3.14. The number of hydrogen-bond acceptors (Lipinski definition) is 6. The summed E-state index contributed by atoms with van der Waals surface area (Å²) in [5, 5.41) is 2.34. The number of thioether (sulfide) groups is 1. The molecule has 0 saturated carbocycles. The van der Waals surface area contributed by atoms with Crippen molar-refractivity contribution in [3.63, 3.8) is 0 Å². The zero-order valence-electron chi connectivity index (χ0n) is 12.4. The van der Waals surface area contributed by atoms with Crippen LogP contribution in [-0.2, 0) is 17.6 Å². The molecular weight excluding hydrogens is 318 g/mol. The lowest BCUT2D eigenvalue weighted by Crippen LogP contribution is -2.26. The third-order valence-electron chi connectivity index (χ3n) is 4.09. The van der Waals surface area contributed by atoms with Gasteiger partial charge in [-0.2, -0.15) is 0 Å². The fraction of sp³-hybridized carbons (Fsp3) is 0.533. The van der Waals surface area contributed by atoms with Crippen LogP contribution in [0.15, 0.2) is 5.03 Å². The highest BCUT2D eigenvalue weighted by Crippen LogP contribution is 2.40. The van der Waals surface area contributed by atoms with Gasteiger partial charge in [0.2, 0.25) is 0 Å². The Balaban J connectivity index is 1.56. The molecule has 1 aliphatic carbocycles. The summed E-state index contributed by atoms with van der Waals surface area (Å²) in [6, 6.07) is 0. The second-order valence-electron chi connectivity index (χ2n) is 5.56. The summed E-state index contributed by atoms with van der Waals surface area (Å²) < 4.78 is 4.96. The van der Waals surface area contributed by atoms with Gasteiger partial charge in [0.1, 0.15) is 22.3 Å². The normalized spacial score (nSPS) is 17.3. The van der Waals surface area contributed by atoms with Gasteiger partial charge in [-0.3, -0.25) is 0 Å². The Labute approximate surface area is 137 Å². The van der Waals surface area contributed by atoms with Crippen LogP contribution in [0.1, 0.15) is 22.7 Å². The number of cyclic esters (lactones) is 1. The Bertz CT molecular complexity index is 744. The molecule has 0 bridgehead atoms. The third kappa shape index (κ3) is 2.46. The lowest BCUT2D eigenvalue weighted by atomic mass is 10.2. The Morgan fingerprint density at radius 3 is 3.09 bits per heavy atom. The molecule has 1 saturated heterocycles. The molecule has 7 heteroatoms. The first-order valence-electron chi connectivity index (χ1n) is 7.56. The largest absolute Gasteiger partial charge is 0.448 e. The van der Waals surface area contributed by atoms with Crippen molar-refractivity contribution in [3.05, 3.63) is 16.3 Å². The maximum Gasteiger partial charge on any atom is 0.409 e. The van der Waals surface area contributed by atoms with E-state index in [0.29, 0.717) is 19.7 Å². The summed E-state index contributed by atoms with van der Waals surface area (Å²) >= 11 is 3.55. The summed E-state index contributed by atoms with van der Waals surface area (Å²) in [5.74, 6) is 1.67. The van der Waals surface area contributed by atoms with Crippen molar-refractivity contribution in [3.8, 4) is 0 Å². The monoisotopic (exact) mass is 335 g/mol. The summed E-state index contributed by atoms with van der Waals surface area (Å²) in [4.78, 5) is 25.1. The summed E-state index contributed by atoms with van der Waals surface area (Å²) in [6.45, 7) is 3.87. The Morgan fingerprint density at radius 1 is 1.36 bits per heavy atom. The molecule has 0 unspecified atom stereocenters. The molecule has 22 heavy (non-hydrogen) atoms. The van der Waals surface area contributed by atoms with Crippen molar-refractivity contribution in [1.82, 2.24) is 14.9 Å². The number of hydrogen-bond donors (Lipinski definition) is 0. The predicted molar refractivity (Wildman–Crippen MR) is 87.8 cm³/mol. The van der Waals surface area contributed by atoms with E-state index < -0.39 is 0 Å². The molecule has 0 N–H and O–H groups in total. The van der Waals surface area contributed by atoms with Gasteiger partial charge in [-0.1, -0.05) is 0 Å². The van der Waals surface area contributed by atoms with Gasteiger partial charge in [0.05, 0.1) is 6.54 Å². The van der Waals surface area contributed by atoms with E-state index in [1.54, 1.807) is 16.7 Å². The standard InChI is InChI=1S/C15H17N3O2S2/c1-9-16-13(21-8-6-18-5-7-20-15(18)19)12-10-3-2-4-11(10)22-14(12)17-9/h2-8H2,1H3. The number of fused-ring (bicyclic) bond motifs is 3. The van der Waals surface area contributed by atoms with Crippen LogP contribution in [0.5, 0.6) is 0 Å². The molecule has 1 fully saturated rings. The van der Waals surface area contributed by atoms with Gasteiger partial charge < -0.3 is 9.64 Å². The van der Waals surface area contributed by atoms with Gasteiger partial charge in [0.25, 0.3) is 0 Å². The zero-order chi connectivity index (χ0) is 15.1. The van der Waals surface area contributed by atoms with Crippen LogP contribution in [0.2, 0.25) is 0 Å². The number of aryl methyl sites for hydroxylation is 3. The number of rotatable bonds is 4. The van der Waals surface area contributed by atoms with Gasteiger partial charge in [-0.05, 0) is 31.7 Å². The fourth-order valence-corrected chi connectivity index (χ4v) is 5.49. The van der Waals surface area contributed by atoms with Gasteiger partial charge in [0.15, 0.2) is 0 Å². The minimum atomic E-state index is -0.193. The van der Waals surface area contributed by atoms with Crippen molar-refractivity contribution >= 4 is 39.4 Å². The highest BCUT2D eigenvalue weighted by atomic mass is 32.2. The zero-order valence-corrected chi connectivity index (χ0v) is 14.1. The predicted octanol–water partition coefficient (Wildman–Crippen LogP) is 3.03. The summed E-state index contributed by atoms with van der Waals surface area (Å²) in [6.07, 6.45) is 3.38. The highest BCUT2D eigenvalue weighted by Gasteiger charge is 2.23. The first-order chi connectivity index (χ1) is 10.7. The summed E-state index contributed by atoms with van der Waals surface area (Å²) in [5.41, 5.74) is 1.46. The molecule has 4 rings (SSSR count). The lowest BCUT2D eigenvalue weighted by molar-refractivity contribution is 0.160. The van der Waals surface area contributed by atoms with Gasteiger partial charge >= 0.3 is 6.09 Å². The van der Waals surface area contributed by atoms with Crippen LogP contribution in [0.25, 0.3) is 10.2 Å². The second kappa shape index (κ2) is 5.70. The van der Waals surface area contributed by atoms with Crippen molar-refractivity contribution in [2.24, 2.45) is 0 Å². The SMILES string of the molecule is Cc1nc(SCCN2CCOC2=O)c2c3c(sc2n1)CCC3. The number of amides is 1. The number of carbonyl (C=O) groups excluding carboxylic acids is 1. The number of nitrogens with zero attached hydrogens (tertiary/aromatic N) is 3. The molecule has 5 nitrogen and oxygen atoms in total. The van der Waals surface area contributed by atoms with Crippen LogP contribution in [0.3, 0.4) is 0 Å². The average molecular weight is 335 g/mol. The minimum absolute atomic E-state index is 0.193. The molecule has 3 heterocycles. The number of ether oxygens (including phenoxy) is 1. The molecule has 2 aromatic rings. The van der Waals surface area contributed by atoms with E-state index in [2.05, 4.69) is 9.97 Å². The second-order valence-corrected chi connectivity index (χ2v) is 7.73. The van der Waals surface area contributed by atoms with E-state index in [4.69, 9.17) is 4.74 Å². The molecule has 0 aromatic carbocycles. The molecule has 1 amide bonds. The van der Waals surface area contributed by atoms with E-state index in [9.17, 15) is 4.79 Å². The number of aromatic nitrogens is 2. The number of carbonyl (C=O) groups is 1. The highest BCUT2D eigenvalue weighted by molar-refractivity contribution is 7.99. The minimum Gasteiger partial charge on any atom is -0.448 e. The van der Waals surface area contributed by atoms with Crippen LogP contribution in [0.4, 0.5) is 4.79 Å². The van der Waals surface area contributed by atoms with Crippen LogP contribution < -0.4 is 0 Å². The molecule has 0 atom stereocenters. The van der Waals surface area contributed by atoms with Crippen LogP contribution >= 0.6 is 23.1 Å². The smallest absolute Gasteiger partial charge is 0.409 e. The topological polar surface area (TPSA) is 55.3 Å². The maximum atomic E-state index is 11.5. The fourth-order valence-electron chi connectivity index (χ4n) is 3.05. The van der Waals surface area contributed by atoms with Crippen molar-refractivity contribution in [2.45, 2.75) is 31.2 Å². The van der Waals surface area contributed by atoms with Crippen molar-refractivity contribution in [1.29, 1.82) is 0 Å². The maximum absolute atomic E-state index is 11.5. The molecule has 2 aliphatic rings. The molecule has 0 radical (unpaired) electrons. The number of thiophene rings is 1. The molecule has 116 valence electrons. The quantitative estimate of drug-likeness (QED) is 0.635. The molecule has 2 aromatic heterocycles. The summed E-state index contributed by atoms with van der Waals surface area (Å²) in [7, 11) is 0. The van der Waals surface area contributed by atoms with Crippen LogP contribution in [0, 0.1) is 6.92 Å². The van der Waals surface area contributed by atoms with Gasteiger partial charge in [-0.25, -0.2) is 14.8 Å². The van der Waals surface area contributed by atoms with E-state index >= 15 is 0 Å². The molecule has 0 spiro atoms. The van der Waals surface area contributed by atoms with Gasteiger partial charge in [-0.15, -0.1) is 23.1 Å². The van der Waals surface area contributed by atoms with E-state index in [1.807, 2.05) is 18.3 Å². The Hall–Kier alpha value is -1.34. The third-order valence-corrected chi connectivity index (χ3v) is 6.23. The Morgan fingerprint density at radius 2 is 2.27 bits per heavy atom. The van der Waals surface area contributed by atoms with Crippen LogP contribution in [-0.4, -0.2) is 46.4 Å². The lowest BCUT2D eigenvalue weighted by Gasteiger charge is -2.12. The molecular formula is C15H17N3O2S2. The van der Waals surface area contributed by atoms with Gasteiger partial charge in [0, 0.05) is 22.6 Å². The van der Waals surface area contributed by atoms with E-state index in [0.717, 1.165) is 27.9 Å². The van der Waals surface area contributed by atoms with Crippen molar-refractivity contribution < 1.29 is 9.53 Å². The van der Waals surface area contributed by atoms with E-state index in [1.165, 1.54) is 28.7 Å². The molecule has 1 aliphatic heterocycles. The first kappa shape index (κ1) is 14.3. The van der Waals surface area contributed by atoms with Crippen molar-refractivity contribution in [2.75, 3.05) is 25.4 Å².